The number of alkyl halides is 3. The molecule has 25 heteroatoms. The fraction of sp³-hybridized carbons (Fsp3) is 0.511. The van der Waals surface area contributed by atoms with Crippen molar-refractivity contribution >= 4 is 56.1 Å². The first kappa shape index (κ1) is 55.3. The zero-order valence-electron chi connectivity index (χ0n) is 39.1. The highest BCUT2D eigenvalue weighted by Gasteiger charge is 2.45. The number of anilines is 2. The number of carboxylic acids is 1. The molecule has 1 fully saturated rings. The van der Waals surface area contributed by atoms with E-state index in [4.69, 9.17) is 30.8 Å². The second-order valence-corrected chi connectivity index (χ2v) is 21.4. The van der Waals surface area contributed by atoms with Crippen LogP contribution in [0.2, 0.25) is 0 Å². The summed E-state index contributed by atoms with van der Waals surface area (Å²) in [6.45, 7) is 5.78. The predicted molar refractivity (Wildman–Crippen MR) is 251 cm³/mol. The number of Topliss-reactive ketones (excluding diaryl/α,β-unsaturated/α-hetero) is 1. The Balaban J connectivity index is 1.19. The van der Waals surface area contributed by atoms with Crippen molar-refractivity contribution in [3.63, 3.8) is 0 Å². The maximum atomic E-state index is 14.3. The van der Waals surface area contributed by atoms with E-state index in [2.05, 4.69) is 31.2 Å². The second-order valence-electron chi connectivity index (χ2n) is 17.8. The van der Waals surface area contributed by atoms with Gasteiger partial charge in [0.25, 0.3) is 11.8 Å². The number of nitrogens with zero attached hydrogens (tertiary/aromatic N) is 2. The van der Waals surface area contributed by atoms with Crippen molar-refractivity contribution in [3.8, 4) is 17.8 Å². The van der Waals surface area contributed by atoms with Gasteiger partial charge in [0.05, 0.1) is 54.5 Å². The fourth-order valence-corrected chi connectivity index (χ4v) is 10.7. The van der Waals surface area contributed by atoms with E-state index in [0.717, 1.165) is 4.68 Å². The Morgan fingerprint density at radius 1 is 0.986 bits per heavy atom. The van der Waals surface area contributed by atoms with Crippen molar-refractivity contribution in [2.45, 2.75) is 116 Å². The molecule has 3 aromatic rings. The first-order valence-electron chi connectivity index (χ1n) is 22.5. The maximum Gasteiger partial charge on any atom is 0.435 e. The molecule has 4 atom stereocenters. The number of benzene rings is 2. The van der Waals surface area contributed by atoms with E-state index in [0.29, 0.717) is 56.2 Å². The first-order chi connectivity index (χ1) is 32.9. The number of halogens is 3. The summed E-state index contributed by atoms with van der Waals surface area (Å²) < 4.78 is 87.4. The van der Waals surface area contributed by atoms with Crippen LogP contribution in [-0.2, 0) is 44.9 Å². The van der Waals surface area contributed by atoms with Crippen LogP contribution in [0.5, 0.6) is 0 Å². The molecule has 4 unspecified atom stereocenters. The molecule has 0 spiro atoms. The average Bonchev–Trinajstić information content (AvgIpc) is 3.68. The van der Waals surface area contributed by atoms with Crippen molar-refractivity contribution in [3.05, 3.63) is 70.5 Å². The Labute approximate surface area is 402 Å². The van der Waals surface area contributed by atoms with Crippen LogP contribution in [0.3, 0.4) is 0 Å². The minimum absolute atomic E-state index is 0.0616. The number of carboxylic acid groups (broad SMARTS) is 1. The van der Waals surface area contributed by atoms with Crippen LogP contribution in [0.1, 0.15) is 122 Å². The summed E-state index contributed by atoms with van der Waals surface area (Å²) in [6, 6.07) is 7.44. The molecule has 2 aliphatic rings. The lowest BCUT2D eigenvalue weighted by Gasteiger charge is -2.33. The minimum atomic E-state index is -4.90. The summed E-state index contributed by atoms with van der Waals surface area (Å²) in [4.78, 5) is 62.6. The largest absolute Gasteiger partial charge is 0.480 e. The van der Waals surface area contributed by atoms with Crippen LogP contribution in [-0.4, -0.2) is 100 Å². The predicted octanol–water partition coefficient (Wildman–Crippen LogP) is 6.38. The van der Waals surface area contributed by atoms with Gasteiger partial charge >= 0.3 is 27.4 Å². The lowest BCUT2D eigenvalue weighted by atomic mass is 9.75. The second kappa shape index (κ2) is 23.5. The van der Waals surface area contributed by atoms with Crippen LogP contribution in [0.25, 0.3) is 5.69 Å². The van der Waals surface area contributed by atoms with E-state index in [9.17, 15) is 51.4 Å². The number of terminal acetylenes is 1. The number of aliphatic hydroxyl groups excluding tert-OH is 1. The highest BCUT2D eigenvalue weighted by atomic mass is 31.2. The molecule has 2 aromatic carbocycles. The number of ketones is 1. The fourth-order valence-electron chi connectivity index (χ4n) is 7.91. The van der Waals surface area contributed by atoms with Crippen molar-refractivity contribution in [2.24, 2.45) is 11.1 Å². The quantitative estimate of drug-likeness (QED) is 0.0274. The van der Waals surface area contributed by atoms with Gasteiger partial charge in [0.2, 0.25) is 5.91 Å². The maximum absolute atomic E-state index is 14.3. The number of amides is 3. The van der Waals surface area contributed by atoms with Gasteiger partial charge in [-0.15, -0.1) is 6.42 Å². The van der Waals surface area contributed by atoms with Gasteiger partial charge in [-0.2, -0.15) is 18.3 Å². The van der Waals surface area contributed by atoms with E-state index in [1.54, 1.807) is 13.8 Å². The zero-order chi connectivity index (χ0) is 51.6. The Bertz CT molecular complexity index is 2540. The molecule has 0 radical (unpaired) electrons. The summed E-state index contributed by atoms with van der Waals surface area (Å²) in [6.07, 6.45) is 2.57. The SMILES string of the molecule is C#CP(=O)(Nc1ccc(C(=O)NCCCCCOP(=O)(NC(C)C(=O)NC(C)C(=O)O)OC2CCC(Nc3cc(-n4nc(C(F)(F)F)c5c4CC(C)(C)CC5=O)ccc3C(N)=O)CC2)cc1)OCCO. The topological polar surface area (TPSA) is 292 Å². The van der Waals surface area contributed by atoms with E-state index < -0.39 is 79.9 Å². The third-order valence-electron chi connectivity index (χ3n) is 11.4. The number of aliphatic carboxylic acids is 1. The molecular formula is C45H59F3N8O12P2. The van der Waals surface area contributed by atoms with Gasteiger partial charge in [-0.3, -0.25) is 37.6 Å². The minimum Gasteiger partial charge on any atom is -0.480 e. The van der Waals surface area contributed by atoms with Gasteiger partial charge in [-0.1, -0.05) is 13.8 Å². The van der Waals surface area contributed by atoms with Gasteiger partial charge in [-0.05, 0) is 113 Å². The number of unbranched alkanes of at least 4 members (excludes halogenated alkanes) is 2. The molecule has 382 valence electrons. The summed E-state index contributed by atoms with van der Waals surface area (Å²) in [5, 5.41) is 35.7. The number of nitrogens with one attached hydrogen (secondary N) is 5. The van der Waals surface area contributed by atoms with E-state index in [1.165, 1.54) is 56.3 Å². The Morgan fingerprint density at radius 2 is 1.67 bits per heavy atom. The van der Waals surface area contributed by atoms with Crippen LogP contribution in [0.15, 0.2) is 42.5 Å². The summed E-state index contributed by atoms with van der Waals surface area (Å²) in [5.41, 5.74) is 6.59. The number of hydrogen-bond acceptors (Lipinski definition) is 13. The van der Waals surface area contributed by atoms with Crippen LogP contribution in [0.4, 0.5) is 24.5 Å². The summed E-state index contributed by atoms with van der Waals surface area (Å²) >= 11 is 0. The average molecular weight is 1020 g/mol. The number of carbonyl (C=O) groups is 5. The number of fused-ring (bicyclic) bond motifs is 1. The number of aromatic nitrogens is 2. The van der Waals surface area contributed by atoms with E-state index in [-0.39, 0.29) is 73.8 Å². The third-order valence-corrected chi connectivity index (χ3v) is 14.7. The van der Waals surface area contributed by atoms with Crippen molar-refractivity contribution < 1.29 is 70.1 Å². The number of aliphatic hydroxyl groups is 1. The molecule has 20 nitrogen and oxygen atoms in total. The molecule has 2 aliphatic carbocycles. The molecule has 1 heterocycles. The number of rotatable bonds is 24. The number of nitrogens with two attached hydrogens (primary N) is 1. The standard InChI is InChI=1S/C45H59F3N8O12P2/c1-6-69(64,66-23-21-57)55-31-12-10-29(11-13-31)42(61)50-20-8-7-9-22-67-70(65,54-27(2)41(60)51-28(3)43(62)63)68-33-17-14-30(15-18-33)52-35-24-32(16-19-34(35)40(49)59)56-36-25-44(4,5)26-37(58)38(36)39(53-56)45(46,47)48/h1,10-13,16,19,24,27-28,30,33,52,57H,7-9,14-15,17-18,20-23,25-26H2,2-5H3,(H2,49,59)(H,50,61)(H,51,60)(H,54,65)(H,55,64)(H,62,63). The molecule has 3 amide bonds. The van der Waals surface area contributed by atoms with Gasteiger partial charge in [0.1, 0.15) is 6.04 Å². The van der Waals surface area contributed by atoms with E-state index in [1.807, 2.05) is 5.66 Å². The van der Waals surface area contributed by atoms with Gasteiger partial charge < -0.3 is 41.5 Å². The van der Waals surface area contributed by atoms with Crippen molar-refractivity contribution in [2.75, 3.05) is 36.8 Å². The van der Waals surface area contributed by atoms with E-state index >= 15 is 0 Å². The zero-order valence-corrected chi connectivity index (χ0v) is 40.9. The molecule has 1 saturated carbocycles. The number of hydrogen-bond donors (Lipinski definition) is 8. The van der Waals surface area contributed by atoms with Gasteiger partial charge in [-0.25, -0.2) is 14.3 Å². The molecule has 5 rings (SSSR count). The van der Waals surface area contributed by atoms with Gasteiger partial charge in [0.15, 0.2) is 11.5 Å². The molecule has 1 aromatic heterocycles. The van der Waals surface area contributed by atoms with Crippen LogP contribution in [0, 0.1) is 17.5 Å². The molecule has 0 aliphatic heterocycles. The molecule has 0 saturated heterocycles. The smallest absolute Gasteiger partial charge is 0.435 e. The lowest BCUT2D eigenvalue weighted by molar-refractivity contribution is -0.142. The molecule has 9 N–H and O–H groups in total. The molecule has 0 bridgehead atoms. The van der Waals surface area contributed by atoms with Crippen molar-refractivity contribution in [1.82, 2.24) is 25.5 Å². The van der Waals surface area contributed by atoms with Crippen LogP contribution >= 0.6 is 15.3 Å². The van der Waals surface area contributed by atoms with Crippen molar-refractivity contribution in [1.29, 1.82) is 0 Å². The lowest BCUT2D eigenvalue weighted by Crippen LogP contribution is -2.47. The Kier molecular flexibility index (Phi) is 18.6. The van der Waals surface area contributed by atoms with Crippen LogP contribution < -0.4 is 31.9 Å². The molecule has 70 heavy (non-hydrogen) atoms. The highest BCUT2D eigenvalue weighted by molar-refractivity contribution is 7.65. The first-order valence-corrected chi connectivity index (χ1v) is 25.7. The summed E-state index contributed by atoms with van der Waals surface area (Å²) in [5.74, 6) is -3.90. The summed E-state index contributed by atoms with van der Waals surface area (Å²) in [7, 11) is -7.95. The number of carbonyl (C=O) groups excluding carboxylic acids is 4. The third kappa shape index (κ3) is 15.0. The normalized spacial score (nSPS) is 19.3. The highest BCUT2D eigenvalue weighted by Crippen LogP contribution is 2.49. The Morgan fingerprint density at radius 3 is 2.29 bits per heavy atom. The van der Waals surface area contributed by atoms with Gasteiger partial charge in [0, 0.05) is 41.6 Å². The molecular weight excluding hydrogens is 963 g/mol. The Hall–Kier alpha value is -5.59. The number of primary amides is 1. The monoisotopic (exact) mass is 1020 g/mol.